The predicted octanol–water partition coefficient (Wildman–Crippen LogP) is 11.3. The zero-order chi connectivity index (χ0) is 44.2. The summed E-state index contributed by atoms with van der Waals surface area (Å²) in [5.74, 6) is 5.11. The third-order valence-corrected chi connectivity index (χ3v) is 11.9. The van der Waals surface area contributed by atoms with Crippen molar-refractivity contribution in [3.05, 3.63) is 120 Å². The van der Waals surface area contributed by atoms with Gasteiger partial charge in [0, 0.05) is 79.7 Å². The van der Waals surface area contributed by atoms with Crippen LogP contribution in [0.2, 0.25) is 0 Å². The van der Waals surface area contributed by atoms with Gasteiger partial charge in [-0.05, 0) is 102 Å². The average molecular weight is 853 g/mol. The maximum atomic E-state index is 6.08. The van der Waals surface area contributed by atoms with Gasteiger partial charge in [-0.25, -0.2) is 9.98 Å². The Morgan fingerprint density at radius 1 is 0.359 bits per heavy atom. The molecule has 12 nitrogen and oxygen atoms in total. The van der Waals surface area contributed by atoms with Gasteiger partial charge in [0.1, 0.15) is 46.0 Å². The summed E-state index contributed by atoms with van der Waals surface area (Å²) < 4.78 is 46.7. The van der Waals surface area contributed by atoms with Crippen LogP contribution in [0.4, 0.5) is 5.69 Å². The zero-order valence-corrected chi connectivity index (χ0v) is 36.6. The molecule has 4 aromatic carbocycles. The maximum absolute atomic E-state index is 6.08. The van der Waals surface area contributed by atoms with Crippen molar-refractivity contribution in [1.29, 1.82) is 0 Å². The first-order chi connectivity index (χ1) is 31.3. The van der Waals surface area contributed by atoms with Gasteiger partial charge in [0.15, 0.2) is 0 Å². The molecular weight excluding hydrogens is 809 g/mol. The van der Waals surface area contributed by atoms with Crippen LogP contribution in [-0.2, 0) is 0 Å². The molecule has 0 fully saturated rings. The van der Waals surface area contributed by atoms with Crippen LogP contribution in [0.25, 0.3) is 78.7 Å². The number of hydrogen-bond donors (Lipinski definition) is 2. The molecule has 12 heteroatoms. The molecule has 7 aromatic rings. The lowest BCUT2D eigenvalue weighted by atomic mass is 10.0. The van der Waals surface area contributed by atoms with Gasteiger partial charge in [-0.1, -0.05) is 0 Å². The molecule has 0 saturated carbocycles. The number of H-pyrrole nitrogens is 2. The van der Waals surface area contributed by atoms with E-state index in [1.54, 1.807) is 56.9 Å². The van der Waals surface area contributed by atoms with E-state index < -0.39 is 0 Å². The van der Waals surface area contributed by atoms with Crippen molar-refractivity contribution in [3.8, 4) is 90.5 Å². The largest absolute Gasteiger partial charge is 0.497 e. The van der Waals surface area contributed by atoms with Gasteiger partial charge in [-0.3, -0.25) is 0 Å². The van der Waals surface area contributed by atoms with Crippen LogP contribution in [-0.4, -0.2) is 77.5 Å². The van der Waals surface area contributed by atoms with E-state index >= 15 is 0 Å². The Labute approximate surface area is 369 Å². The van der Waals surface area contributed by atoms with E-state index in [2.05, 4.69) is 40.3 Å². The van der Waals surface area contributed by atoms with Crippen molar-refractivity contribution in [3.63, 3.8) is 0 Å². The normalized spacial score (nSPS) is 12.1. The Bertz CT molecular complexity index is 3190. The van der Waals surface area contributed by atoms with Gasteiger partial charge >= 0.3 is 0 Å². The maximum Gasteiger partial charge on any atom is 0.132 e. The van der Waals surface area contributed by atoms with Crippen molar-refractivity contribution in [1.82, 2.24) is 15.0 Å². The number of fused-ring (bicyclic) bond motifs is 11. The van der Waals surface area contributed by atoms with Crippen LogP contribution in [0.1, 0.15) is 22.5 Å². The summed E-state index contributed by atoms with van der Waals surface area (Å²) >= 11 is 0. The van der Waals surface area contributed by atoms with E-state index in [0.29, 0.717) is 51.7 Å². The fourth-order valence-corrected chi connectivity index (χ4v) is 8.87. The number of methoxy groups -OCH3 is 8. The van der Waals surface area contributed by atoms with E-state index in [4.69, 9.17) is 47.9 Å². The van der Waals surface area contributed by atoms with Crippen molar-refractivity contribution < 1.29 is 37.9 Å². The summed E-state index contributed by atoms with van der Waals surface area (Å²) in [6.45, 7) is 0. The van der Waals surface area contributed by atoms with E-state index in [0.717, 1.165) is 94.8 Å². The van der Waals surface area contributed by atoms with Gasteiger partial charge in [-0.2, -0.15) is 0 Å². The molecule has 0 spiro atoms. The molecular formula is C52H44N4O8. The fraction of sp³-hybridized carbons (Fsp3) is 0.154. The summed E-state index contributed by atoms with van der Waals surface area (Å²) in [5.41, 5.74) is 14.8. The molecule has 320 valence electrons. The molecule has 0 radical (unpaired) electrons. The first kappa shape index (κ1) is 40.0. The number of rotatable bonds is 11. The number of ether oxygens (including phenoxy) is 8. The second-order valence-electron chi connectivity index (χ2n) is 15.2. The Morgan fingerprint density at radius 2 is 0.750 bits per heavy atom. The van der Waals surface area contributed by atoms with Crippen LogP contribution < -0.4 is 37.9 Å². The molecule has 0 saturated heterocycles. The van der Waals surface area contributed by atoms with Crippen molar-refractivity contribution in [2.75, 3.05) is 56.9 Å². The van der Waals surface area contributed by atoms with E-state index in [9.17, 15) is 0 Å². The van der Waals surface area contributed by atoms with Crippen LogP contribution in [0.3, 0.4) is 0 Å². The lowest BCUT2D eigenvalue weighted by molar-refractivity contribution is 0.394. The SMILES string of the molecule is COc1cc(OC)cc(-c2c3cc4c(c5ccc([nH]5)c(-c5cc(OC)cc(OC)c5)c5nc(c(-c6cc(OC)cc(OC)c6)c6ccc2[nH]6)C=C5)-c2cc(OC)cc(OC)c2C4=N3)c1. The third kappa shape index (κ3) is 6.62. The van der Waals surface area contributed by atoms with Gasteiger partial charge < -0.3 is 47.9 Å². The second kappa shape index (κ2) is 16.0. The summed E-state index contributed by atoms with van der Waals surface area (Å²) in [7, 11) is 13.2. The van der Waals surface area contributed by atoms with Gasteiger partial charge in [0.25, 0.3) is 0 Å². The fourth-order valence-electron chi connectivity index (χ4n) is 8.87. The molecule has 64 heavy (non-hydrogen) atoms. The van der Waals surface area contributed by atoms with Crippen LogP contribution >= 0.6 is 0 Å². The highest BCUT2D eigenvalue weighted by molar-refractivity contribution is 6.30. The molecule has 3 aromatic heterocycles. The molecule has 0 unspecified atom stereocenters. The lowest BCUT2D eigenvalue weighted by Gasteiger charge is -2.12. The second-order valence-corrected chi connectivity index (χ2v) is 15.2. The monoisotopic (exact) mass is 852 g/mol. The highest BCUT2D eigenvalue weighted by Gasteiger charge is 2.34. The molecule has 3 aliphatic rings. The van der Waals surface area contributed by atoms with Crippen LogP contribution in [0, 0.1) is 0 Å². The molecule has 2 aliphatic heterocycles. The number of nitrogens with one attached hydrogen (secondary N) is 2. The molecule has 10 rings (SSSR count). The van der Waals surface area contributed by atoms with E-state index in [-0.39, 0.29) is 0 Å². The third-order valence-electron chi connectivity index (χ3n) is 11.9. The molecule has 5 heterocycles. The first-order valence-corrected chi connectivity index (χ1v) is 20.5. The van der Waals surface area contributed by atoms with Gasteiger partial charge in [-0.15, -0.1) is 0 Å². The Hall–Kier alpha value is -8.12. The average Bonchev–Trinajstić information content (AvgIpc) is 4.20. The summed E-state index contributed by atoms with van der Waals surface area (Å²) in [5, 5.41) is 0. The lowest BCUT2D eigenvalue weighted by Crippen LogP contribution is -1.99. The molecule has 0 atom stereocenters. The van der Waals surface area contributed by atoms with Crippen molar-refractivity contribution >= 4 is 45.6 Å². The Morgan fingerprint density at radius 3 is 1.17 bits per heavy atom. The van der Waals surface area contributed by atoms with Crippen molar-refractivity contribution in [2.45, 2.75) is 0 Å². The van der Waals surface area contributed by atoms with Crippen LogP contribution in [0.15, 0.2) is 102 Å². The highest BCUT2D eigenvalue weighted by Crippen LogP contribution is 2.51. The summed E-state index contributed by atoms with van der Waals surface area (Å²) in [4.78, 5) is 18.6. The number of aromatic nitrogens is 3. The van der Waals surface area contributed by atoms with E-state index in [1.165, 1.54) is 0 Å². The number of benzene rings is 4. The molecule has 0 amide bonds. The van der Waals surface area contributed by atoms with Gasteiger partial charge in [0.2, 0.25) is 0 Å². The van der Waals surface area contributed by atoms with E-state index in [1.807, 2.05) is 78.9 Å². The number of aliphatic imine (C=N–C) groups is 1. The topological polar surface area (TPSA) is 131 Å². The predicted molar refractivity (Wildman–Crippen MR) is 252 cm³/mol. The minimum Gasteiger partial charge on any atom is -0.497 e. The molecule has 8 bridgehead atoms. The smallest absolute Gasteiger partial charge is 0.132 e. The van der Waals surface area contributed by atoms with Crippen molar-refractivity contribution in [2.24, 2.45) is 4.99 Å². The quantitative estimate of drug-likeness (QED) is 0.131. The number of aromatic amines is 2. The van der Waals surface area contributed by atoms with Crippen LogP contribution in [0.5, 0.6) is 46.0 Å². The van der Waals surface area contributed by atoms with Gasteiger partial charge in [0.05, 0.1) is 85.2 Å². The Kier molecular flexibility index (Phi) is 9.98. The first-order valence-electron chi connectivity index (χ1n) is 20.5. The summed E-state index contributed by atoms with van der Waals surface area (Å²) in [6, 6.07) is 31.9. The molecule has 2 N–H and O–H groups in total. The highest BCUT2D eigenvalue weighted by atomic mass is 16.5. The Balaban J connectivity index is 1.42. The summed E-state index contributed by atoms with van der Waals surface area (Å²) in [6.07, 6.45) is 4.07. The number of nitrogens with zero attached hydrogens (tertiary/aromatic N) is 2. The minimum absolute atomic E-state index is 0.633. The minimum atomic E-state index is 0.633. The number of hydrogen-bond acceptors (Lipinski definition) is 10. The molecule has 1 aliphatic carbocycles. The standard InChI is InChI=1S/C52H44N4O8/c1-57-30-15-27(16-31(21-30)58-2)47-39-9-10-40(53-39)48(28-17-32(59-3)22-33(18-28)60-4)42-13-14-44(55-42)50-37-24-36(63-7)25-46(64-8)51(37)52-38(50)26-45(56-52)49(43-12-11-41(47)54-43)29-19-34(61-5)23-35(20-29)62-6/h9-26,54-55H,1-8H3. The zero-order valence-electron chi connectivity index (χ0n) is 36.6.